The maximum atomic E-state index is 9.54. The van der Waals surface area contributed by atoms with E-state index < -0.39 is 0 Å². The Balaban J connectivity index is 1.79. The Bertz CT molecular complexity index is 695. The van der Waals surface area contributed by atoms with E-state index in [1.165, 1.54) is 50.5 Å². The van der Waals surface area contributed by atoms with Gasteiger partial charge in [0.25, 0.3) is 0 Å². The van der Waals surface area contributed by atoms with Crippen LogP contribution in [0.4, 0.5) is 0 Å². The van der Waals surface area contributed by atoms with E-state index in [4.69, 9.17) is 0 Å². The summed E-state index contributed by atoms with van der Waals surface area (Å²) in [5.74, 6) is 4.55. The Morgan fingerprint density at radius 2 is 1.77 bits per heavy atom. The summed E-state index contributed by atoms with van der Waals surface area (Å²) in [4.78, 5) is 0. The van der Waals surface area contributed by atoms with E-state index in [0.29, 0.717) is 35.8 Å². The number of hydrogen-bond donors (Lipinski definition) is 2. The molecule has 0 amide bonds. The third kappa shape index (κ3) is 5.37. The van der Waals surface area contributed by atoms with Gasteiger partial charge in [-0.1, -0.05) is 68.9 Å². The lowest BCUT2D eigenvalue weighted by molar-refractivity contribution is 0.00268. The summed E-state index contributed by atoms with van der Waals surface area (Å²) >= 11 is 0. The van der Waals surface area contributed by atoms with E-state index in [-0.39, 0.29) is 0 Å². The van der Waals surface area contributed by atoms with Gasteiger partial charge in [-0.2, -0.15) is 0 Å². The maximum absolute atomic E-state index is 9.54. The van der Waals surface area contributed by atoms with Crippen LogP contribution in [-0.4, -0.2) is 21.8 Å². The molecule has 2 N–H and O–H groups in total. The zero-order valence-electron chi connectivity index (χ0n) is 20.6. The van der Waals surface area contributed by atoms with E-state index in [1.807, 2.05) is 0 Å². The van der Waals surface area contributed by atoms with Crippen LogP contribution in [0.25, 0.3) is 0 Å². The number of nitrogens with zero attached hydrogens (tertiary/aromatic N) is 2. The molecule has 4 nitrogen and oxygen atoms in total. The van der Waals surface area contributed by atoms with Crippen molar-refractivity contribution in [1.29, 1.82) is 0 Å². The largest absolute Gasteiger partial charge is 0.411 e. The highest BCUT2D eigenvalue weighted by atomic mass is 16.4. The van der Waals surface area contributed by atoms with Crippen LogP contribution in [0, 0.1) is 40.9 Å². The highest BCUT2D eigenvalue weighted by molar-refractivity contribution is 6.04. The van der Waals surface area contributed by atoms with Crippen LogP contribution in [0.15, 0.2) is 22.0 Å². The number of fused-ring (bicyclic) bond motifs is 3. The summed E-state index contributed by atoms with van der Waals surface area (Å²) in [5, 5.41) is 25.9. The van der Waals surface area contributed by atoms with Crippen molar-refractivity contribution in [3.05, 3.63) is 11.6 Å². The van der Waals surface area contributed by atoms with Gasteiger partial charge in [-0.25, -0.2) is 0 Å². The monoisotopic (exact) mass is 430 g/mol. The van der Waals surface area contributed by atoms with Crippen LogP contribution < -0.4 is 0 Å². The fourth-order valence-electron chi connectivity index (χ4n) is 7.60. The second-order valence-corrected chi connectivity index (χ2v) is 11.6. The topological polar surface area (TPSA) is 65.2 Å². The van der Waals surface area contributed by atoms with Gasteiger partial charge in [0.05, 0.1) is 11.4 Å². The van der Waals surface area contributed by atoms with Crippen LogP contribution in [0.5, 0.6) is 0 Å². The van der Waals surface area contributed by atoms with Crippen LogP contribution in [0.2, 0.25) is 0 Å². The van der Waals surface area contributed by atoms with Crippen molar-refractivity contribution in [2.45, 2.75) is 105 Å². The van der Waals surface area contributed by atoms with E-state index in [0.717, 1.165) is 42.2 Å². The second-order valence-electron chi connectivity index (χ2n) is 11.6. The van der Waals surface area contributed by atoms with Crippen molar-refractivity contribution in [2.75, 3.05) is 0 Å². The summed E-state index contributed by atoms with van der Waals surface area (Å²) in [7, 11) is 0. The van der Waals surface area contributed by atoms with Crippen molar-refractivity contribution in [3.63, 3.8) is 0 Å². The number of rotatable bonds is 5. The molecule has 31 heavy (non-hydrogen) atoms. The number of allylic oxidation sites excluding steroid dienone is 2. The highest BCUT2D eigenvalue weighted by Gasteiger charge is 2.54. The summed E-state index contributed by atoms with van der Waals surface area (Å²) in [6.45, 7) is 12.1. The molecule has 0 aromatic heterocycles. The lowest BCUT2D eigenvalue weighted by Crippen LogP contribution is -2.43. The summed E-state index contributed by atoms with van der Waals surface area (Å²) < 4.78 is 0. The zero-order chi connectivity index (χ0) is 22.6. The van der Waals surface area contributed by atoms with Gasteiger partial charge < -0.3 is 10.4 Å². The minimum atomic E-state index is 0.455. The van der Waals surface area contributed by atoms with Gasteiger partial charge in [-0.05, 0) is 86.4 Å². The van der Waals surface area contributed by atoms with Gasteiger partial charge in [-0.15, -0.1) is 0 Å². The molecular weight excluding hydrogens is 384 g/mol. The summed E-state index contributed by atoms with van der Waals surface area (Å²) in [6, 6.07) is 0. The van der Waals surface area contributed by atoms with E-state index in [2.05, 4.69) is 51.0 Å². The molecule has 0 aromatic carbocycles. The predicted octanol–water partition coefficient (Wildman–Crippen LogP) is 7.69. The first-order chi connectivity index (χ1) is 14.8. The van der Waals surface area contributed by atoms with Crippen molar-refractivity contribution in [2.24, 2.45) is 51.2 Å². The molecule has 0 spiro atoms. The van der Waals surface area contributed by atoms with Gasteiger partial charge in [0.15, 0.2) is 0 Å². The molecule has 0 unspecified atom stereocenters. The minimum Gasteiger partial charge on any atom is -0.411 e. The third-order valence-electron chi connectivity index (χ3n) is 9.34. The normalized spacial score (nSPS) is 39.7. The predicted molar refractivity (Wildman–Crippen MR) is 129 cm³/mol. The Hall–Kier alpha value is -1.32. The van der Waals surface area contributed by atoms with Crippen LogP contribution in [0.1, 0.15) is 105 Å². The molecule has 176 valence electrons. The van der Waals surface area contributed by atoms with Crippen molar-refractivity contribution in [1.82, 2.24) is 0 Å². The average Bonchev–Trinajstić information content (AvgIpc) is 3.09. The molecule has 2 fully saturated rings. The fourth-order valence-corrected chi connectivity index (χ4v) is 7.60. The van der Waals surface area contributed by atoms with Gasteiger partial charge >= 0.3 is 0 Å². The van der Waals surface area contributed by atoms with Gasteiger partial charge in [-0.3, -0.25) is 0 Å². The summed E-state index contributed by atoms with van der Waals surface area (Å²) in [6.07, 6.45) is 14.8. The third-order valence-corrected chi connectivity index (χ3v) is 9.34. The van der Waals surface area contributed by atoms with E-state index >= 15 is 0 Å². The molecule has 0 radical (unpaired) electrons. The number of oxime groups is 2. The van der Waals surface area contributed by atoms with Crippen LogP contribution in [-0.2, 0) is 0 Å². The smallest absolute Gasteiger partial charge is 0.0665 e. The molecule has 3 rings (SSSR count). The van der Waals surface area contributed by atoms with E-state index in [9.17, 15) is 10.4 Å². The first-order valence-electron chi connectivity index (χ1n) is 12.9. The van der Waals surface area contributed by atoms with Gasteiger partial charge in [0, 0.05) is 12.8 Å². The SMILES string of the molecule is C/C1=C\C/C(=N/O)C/C(=N\O)CC[C@@H]2[C@@H]1CC[C@]1(C)[C@@H]([C@H](C)CCCC(C)C)CC[C@@H]21. The standard InChI is InChI=1S/C27H46N2O2/c1-18(2)7-6-8-20(4)25-13-14-26-24-12-11-22(29-31)17-21(28-30)10-9-19(3)23(24)15-16-27(25,26)5/h9,18,20,23-26,30-31H,6-8,10-17H2,1-5H3/b19-9+,28-21-,29-22-/t20-,23-,24-,25-,26+,27-/m1/s1. The van der Waals surface area contributed by atoms with Crippen molar-refractivity contribution in [3.8, 4) is 0 Å². The molecule has 3 aliphatic carbocycles. The Labute approximate surface area is 190 Å². The average molecular weight is 431 g/mol. The fraction of sp³-hybridized carbons (Fsp3) is 0.852. The molecule has 0 aromatic rings. The quantitative estimate of drug-likeness (QED) is 0.267. The van der Waals surface area contributed by atoms with Crippen molar-refractivity contribution < 1.29 is 10.4 Å². The zero-order valence-corrected chi connectivity index (χ0v) is 20.6. The first-order valence-corrected chi connectivity index (χ1v) is 12.9. The molecule has 3 aliphatic rings. The van der Waals surface area contributed by atoms with Gasteiger partial charge in [0.1, 0.15) is 0 Å². The molecule has 0 heterocycles. The molecule has 6 atom stereocenters. The Morgan fingerprint density at radius 1 is 1.03 bits per heavy atom. The Kier molecular flexibility index (Phi) is 8.26. The molecular formula is C27H46N2O2. The minimum absolute atomic E-state index is 0.455. The van der Waals surface area contributed by atoms with Crippen LogP contribution >= 0.6 is 0 Å². The van der Waals surface area contributed by atoms with E-state index in [1.54, 1.807) is 0 Å². The van der Waals surface area contributed by atoms with Gasteiger partial charge in [0.2, 0.25) is 0 Å². The first kappa shape index (κ1) is 24.3. The molecule has 0 saturated heterocycles. The highest BCUT2D eigenvalue weighted by Crippen LogP contribution is 2.62. The number of hydrogen-bond acceptors (Lipinski definition) is 4. The molecule has 0 bridgehead atoms. The van der Waals surface area contributed by atoms with Crippen LogP contribution in [0.3, 0.4) is 0 Å². The van der Waals surface area contributed by atoms with Crippen molar-refractivity contribution >= 4 is 11.4 Å². The summed E-state index contributed by atoms with van der Waals surface area (Å²) in [5.41, 5.74) is 3.40. The maximum Gasteiger partial charge on any atom is 0.0665 e. The second kappa shape index (κ2) is 10.5. The Morgan fingerprint density at radius 3 is 2.45 bits per heavy atom. The lowest BCUT2D eigenvalue weighted by Gasteiger charge is -2.50. The molecule has 4 heteroatoms. The molecule has 0 aliphatic heterocycles. The molecule has 2 saturated carbocycles. The lowest BCUT2D eigenvalue weighted by atomic mass is 9.54.